The first-order valence-corrected chi connectivity index (χ1v) is 10.1. The zero-order valence-corrected chi connectivity index (χ0v) is 16.9. The zero-order valence-electron chi connectivity index (χ0n) is 16.9. The van der Waals surface area contributed by atoms with E-state index in [0.29, 0.717) is 18.8 Å². The van der Waals surface area contributed by atoms with E-state index in [0.717, 1.165) is 28.8 Å². The molecule has 2 aliphatic rings. The molecular weight excluding hydrogens is 386 g/mol. The number of carbonyl (C=O) groups is 1. The molecule has 1 heterocycles. The lowest BCUT2D eigenvalue weighted by molar-refractivity contribution is -0.384. The second kappa shape index (κ2) is 7.70. The van der Waals surface area contributed by atoms with E-state index in [2.05, 4.69) is 0 Å². The van der Waals surface area contributed by atoms with Gasteiger partial charge in [0.15, 0.2) is 0 Å². The van der Waals surface area contributed by atoms with Crippen LogP contribution in [0.3, 0.4) is 0 Å². The summed E-state index contributed by atoms with van der Waals surface area (Å²) in [5, 5.41) is 22.1. The number of nitro groups is 1. The van der Waals surface area contributed by atoms with Crippen molar-refractivity contribution in [1.29, 1.82) is 0 Å². The van der Waals surface area contributed by atoms with Crippen molar-refractivity contribution in [2.75, 3.05) is 11.5 Å². The van der Waals surface area contributed by atoms with Crippen LogP contribution in [0.2, 0.25) is 0 Å². The van der Waals surface area contributed by atoms with Crippen LogP contribution in [-0.4, -0.2) is 35.3 Å². The van der Waals surface area contributed by atoms with Gasteiger partial charge in [-0.25, -0.2) is 0 Å². The molecule has 4 rings (SSSR count). The lowest BCUT2D eigenvalue weighted by Crippen LogP contribution is -2.43. The highest BCUT2D eigenvalue weighted by atomic mass is 16.6. The highest BCUT2D eigenvalue weighted by molar-refractivity contribution is 5.84. The first-order valence-electron chi connectivity index (χ1n) is 10.1. The highest BCUT2D eigenvalue weighted by Crippen LogP contribution is 2.56. The molecule has 0 spiro atoms. The Hall–Kier alpha value is -2.97. The van der Waals surface area contributed by atoms with Gasteiger partial charge in [0.1, 0.15) is 5.75 Å². The summed E-state index contributed by atoms with van der Waals surface area (Å²) in [5.74, 6) is 0.0848. The smallest absolute Gasteiger partial charge is 0.269 e. The molecular formula is C22H25N3O5. The Kier molecular flexibility index (Phi) is 5.21. The summed E-state index contributed by atoms with van der Waals surface area (Å²) >= 11 is 0. The van der Waals surface area contributed by atoms with Gasteiger partial charge in [0.25, 0.3) is 5.69 Å². The van der Waals surface area contributed by atoms with Crippen molar-refractivity contribution in [3.63, 3.8) is 0 Å². The van der Waals surface area contributed by atoms with E-state index in [1.165, 1.54) is 17.0 Å². The highest BCUT2D eigenvalue weighted by Gasteiger charge is 2.48. The van der Waals surface area contributed by atoms with Crippen molar-refractivity contribution in [1.82, 2.24) is 0 Å². The van der Waals surface area contributed by atoms with Crippen LogP contribution in [0.1, 0.15) is 54.7 Å². The van der Waals surface area contributed by atoms with Crippen molar-refractivity contribution in [3.05, 3.63) is 63.2 Å². The number of nitrogens with two attached hydrogens (primary N) is 1. The van der Waals surface area contributed by atoms with Gasteiger partial charge in [-0.15, -0.1) is 0 Å². The number of non-ortho nitro benzene ring substituents is 1. The Labute approximate surface area is 174 Å². The molecule has 5 atom stereocenters. The van der Waals surface area contributed by atoms with Gasteiger partial charge in [-0.1, -0.05) is 19.1 Å². The van der Waals surface area contributed by atoms with Crippen LogP contribution in [0.15, 0.2) is 36.4 Å². The van der Waals surface area contributed by atoms with Crippen LogP contribution in [0.4, 0.5) is 11.4 Å². The van der Waals surface area contributed by atoms with Crippen LogP contribution in [0, 0.1) is 10.1 Å². The standard InChI is InChI=1S/C22H25N3O5/c1-3-30-18-9-8-16-20-15(22(23)24(16)11-26)10-17(27)19(21(18)20)12(2)13-4-6-14(7-5-13)25(28)29/h4-9,11-12,15,17,19,22,27H,3,10,23H2,1-2H3. The maximum Gasteiger partial charge on any atom is 0.269 e. The van der Waals surface area contributed by atoms with Gasteiger partial charge < -0.3 is 15.6 Å². The van der Waals surface area contributed by atoms with Gasteiger partial charge in [-0.05, 0) is 42.5 Å². The number of nitrogens with zero attached hydrogens (tertiary/aromatic N) is 2. The summed E-state index contributed by atoms with van der Waals surface area (Å²) in [4.78, 5) is 23.8. The van der Waals surface area contributed by atoms with Gasteiger partial charge >= 0.3 is 0 Å². The number of nitro benzene ring substituents is 1. The molecule has 30 heavy (non-hydrogen) atoms. The lowest BCUT2D eigenvalue weighted by Gasteiger charge is -2.38. The van der Waals surface area contributed by atoms with Crippen molar-refractivity contribution in [3.8, 4) is 5.75 Å². The predicted octanol–water partition coefficient (Wildman–Crippen LogP) is 2.99. The normalized spacial score (nSPS) is 25.5. The number of ether oxygens (including phenoxy) is 1. The number of aliphatic hydroxyl groups is 1. The average molecular weight is 411 g/mol. The molecule has 2 aromatic carbocycles. The van der Waals surface area contributed by atoms with Crippen molar-refractivity contribution < 1.29 is 19.6 Å². The van der Waals surface area contributed by atoms with Crippen molar-refractivity contribution in [2.45, 2.75) is 50.3 Å². The third-order valence-electron chi connectivity index (χ3n) is 6.43. The van der Waals surface area contributed by atoms with E-state index >= 15 is 0 Å². The predicted molar refractivity (Wildman–Crippen MR) is 112 cm³/mol. The molecule has 0 radical (unpaired) electrons. The minimum Gasteiger partial charge on any atom is -0.494 e. The fourth-order valence-electron chi connectivity index (χ4n) is 5.04. The Morgan fingerprint density at radius 3 is 2.60 bits per heavy atom. The molecule has 8 heteroatoms. The Morgan fingerprint density at radius 1 is 1.30 bits per heavy atom. The van der Waals surface area contributed by atoms with Crippen LogP contribution in [0.5, 0.6) is 5.75 Å². The summed E-state index contributed by atoms with van der Waals surface area (Å²) in [5.41, 5.74) is 9.85. The quantitative estimate of drug-likeness (QED) is 0.428. The monoisotopic (exact) mass is 411 g/mol. The Bertz CT molecular complexity index is 977. The van der Waals surface area contributed by atoms with E-state index in [1.54, 1.807) is 12.1 Å². The number of amides is 1. The largest absolute Gasteiger partial charge is 0.494 e. The average Bonchev–Trinajstić information content (AvgIpc) is 3.01. The Balaban J connectivity index is 1.84. The first kappa shape index (κ1) is 20.3. The van der Waals surface area contributed by atoms with Gasteiger partial charge in [-0.2, -0.15) is 0 Å². The molecule has 2 aromatic rings. The second-order valence-electron chi connectivity index (χ2n) is 7.92. The molecule has 0 aromatic heterocycles. The molecule has 0 saturated carbocycles. The molecule has 8 nitrogen and oxygen atoms in total. The number of aliphatic hydroxyl groups excluding tert-OH is 1. The van der Waals surface area contributed by atoms with Gasteiger partial charge in [0, 0.05) is 35.2 Å². The fraction of sp³-hybridized carbons (Fsp3) is 0.409. The van der Waals surface area contributed by atoms with E-state index in [1.807, 2.05) is 26.0 Å². The summed E-state index contributed by atoms with van der Waals surface area (Å²) in [6.07, 6.45) is -0.0541. The van der Waals surface area contributed by atoms with E-state index in [9.17, 15) is 20.0 Å². The third kappa shape index (κ3) is 3.03. The molecule has 0 saturated heterocycles. The minimum atomic E-state index is -0.695. The molecule has 3 N–H and O–H groups in total. The molecule has 5 unspecified atom stereocenters. The fourth-order valence-corrected chi connectivity index (χ4v) is 5.04. The molecule has 1 aliphatic carbocycles. The summed E-state index contributed by atoms with van der Waals surface area (Å²) in [6, 6.07) is 10.1. The second-order valence-corrected chi connectivity index (χ2v) is 7.92. The summed E-state index contributed by atoms with van der Waals surface area (Å²) in [6.45, 7) is 4.36. The maximum absolute atomic E-state index is 11.7. The van der Waals surface area contributed by atoms with Crippen molar-refractivity contribution in [2.24, 2.45) is 5.73 Å². The number of benzene rings is 2. The SMILES string of the molecule is CCOc1ccc2c3c1C(C(C)c1ccc([N+](=O)[O-])cc1)C(O)CC3C(N)N2C=O. The minimum absolute atomic E-state index is 0.0263. The topological polar surface area (TPSA) is 119 Å². The molecule has 0 bridgehead atoms. The van der Waals surface area contributed by atoms with Crippen LogP contribution < -0.4 is 15.4 Å². The van der Waals surface area contributed by atoms with E-state index < -0.39 is 17.2 Å². The summed E-state index contributed by atoms with van der Waals surface area (Å²) in [7, 11) is 0. The first-order chi connectivity index (χ1) is 14.4. The lowest BCUT2D eigenvalue weighted by atomic mass is 9.68. The molecule has 1 aliphatic heterocycles. The third-order valence-corrected chi connectivity index (χ3v) is 6.43. The number of hydrogen-bond donors (Lipinski definition) is 2. The van der Waals surface area contributed by atoms with E-state index in [4.69, 9.17) is 10.5 Å². The van der Waals surface area contributed by atoms with Gasteiger partial charge in [-0.3, -0.25) is 19.8 Å². The zero-order chi connectivity index (χ0) is 21.6. The number of carbonyl (C=O) groups excluding carboxylic acids is 1. The summed E-state index contributed by atoms with van der Waals surface area (Å²) < 4.78 is 5.91. The van der Waals surface area contributed by atoms with E-state index in [-0.39, 0.29) is 23.4 Å². The van der Waals surface area contributed by atoms with Crippen molar-refractivity contribution >= 4 is 17.8 Å². The molecule has 158 valence electrons. The Morgan fingerprint density at radius 2 is 2.00 bits per heavy atom. The van der Waals surface area contributed by atoms with Crippen LogP contribution in [-0.2, 0) is 4.79 Å². The number of rotatable bonds is 6. The number of anilines is 1. The van der Waals surface area contributed by atoms with Gasteiger partial charge in [0.05, 0.1) is 23.8 Å². The maximum atomic E-state index is 11.7. The molecule has 0 fully saturated rings. The van der Waals surface area contributed by atoms with Crippen LogP contribution in [0.25, 0.3) is 0 Å². The van der Waals surface area contributed by atoms with Gasteiger partial charge in [0.2, 0.25) is 6.41 Å². The molecule has 1 amide bonds. The number of hydrogen-bond acceptors (Lipinski definition) is 6. The van der Waals surface area contributed by atoms with Crippen LogP contribution >= 0.6 is 0 Å².